The molecule has 1 saturated carbocycles. The zero-order valence-corrected chi connectivity index (χ0v) is 6.62. The molecule has 1 unspecified atom stereocenters. The molecule has 0 aromatic rings. The lowest BCUT2D eigenvalue weighted by Gasteiger charge is -2.25. The van der Waals surface area contributed by atoms with Crippen LogP contribution in [0, 0.1) is 5.92 Å². The summed E-state index contributed by atoms with van der Waals surface area (Å²) in [6.45, 7) is 4.48. The number of hydrogen-bond donors (Lipinski definition) is 0. The zero-order chi connectivity index (χ0) is 7.84. The number of carbonyl (C=O) groups is 1. The molecule has 2 bridgehead atoms. The second kappa shape index (κ2) is 2.36. The SMILES string of the molecule is C=CC(=O)N1C[C@H]2CCC1C2. The molecule has 1 amide bonds. The third kappa shape index (κ3) is 0.971. The van der Waals surface area contributed by atoms with Crippen molar-refractivity contribution in [3.8, 4) is 0 Å². The largest absolute Gasteiger partial charge is 0.336 e. The minimum atomic E-state index is 0.122. The predicted molar refractivity (Wildman–Crippen MR) is 43.0 cm³/mol. The molecule has 2 nitrogen and oxygen atoms in total. The van der Waals surface area contributed by atoms with Gasteiger partial charge in [0.1, 0.15) is 0 Å². The predicted octanol–water partition coefficient (Wildman–Crippen LogP) is 1.18. The minimum Gasteiger partial charge on any atom is -0.336 e. The first-order chi connectivity index (χ1) is 5.31. The second-order valence-electron chi connectivity index (χ2n) is 3.53. The minimum absolute atomic E-state index is 0.122. The molecule has 11 heavy (non-hydrogen) atoms. The molecule has 0 spiro atoms. The number of amides is 1. The van der Waals surface area contributed by atoms with Crippen molar-refractivity contribution in [3.63, 3.8) is 0 Å². The van der Waals surface area contributed by atoms with Gasteiger partial charge in [0.15, 0.2) is 0 Å². The molecule has 0 radical (unpaired) electrons. The molecule has 0 N–H and O–H groups in total. The maximum atomic E-state index is 11.2. The van der Waals surface area contributed by atoms with Gasteiger partial charge in [-0.05, 0) is 31.3 Å². The summed E-state index contributed by atoms with van der Waals surface area (Å²) in [6, 6.07) is 0.547. The molecule has 2 atom stereocenters. The van der Waals surface area contributed by atoms with Crippen molar-refractivity contribution < 1.29 is 4.79 Å². The van der Waals surface area contributed by atoms with E-state index in [0.717, 1.165) is 12.5 Å². The first kappa shape index (κ1) is 6.89. The molecule has 60 valence electrons. The van der Waals surface area contributed by atoms with Gasteiger partial charge in [-0.3, -0.25) is 4.79 Å². The van der Waals surface area contributed by atoms with Crippen molar-refractivity contribution in [2.75, 3.05) is 6.54 Å². The summed E-state index contributed by atoms with van der Waals surface area (Å²) in [5.41, 5.74) is 0. The molecule has 1 aliphatic carbocycles. The first-order valence-corrected chi connectivity index (χ1v) is 4.24. The summed E-state index contributed by atoms with van der Waals surface area (Å²) < 4.78 is 0. The van der Waals surface area contributed by atoms with Crippen LogP contribution in [0.4, 0.5) is 0 Å². The maximum absolute atomic E-state index is 11.2. The van der Waals surface area contributed by atoms with Crippen molar-refractivity contribution in [1.29, 1.82) is 0 Å². The summed E-state index contributed by atoms with van der Waals surface area (Å²) in [7, 11) is 0. The Morgan fingerprint density at radius 1 is 1.55 bits per heavy atom. The molecular formula is C9H13NO. The average molecular weight is 151 g/mol. The van der Waals surface area contributed by atoms with Crippen LogP contribution in [0.25, 0.3) is 0 Å². The van der Waals surface area contributed by atoms with Crippen molar-refractivity contribution >= 4 is 5.91 Å². The molecule has 2 aliphatic rings. The van der Waals surface area contributed by atoms with Gasteiger partial charge in [0, 0.05) is 12.6 Å². The number of hydrogen-bond acceptors (Lipinski definition) is 1. The van der Waals surface area contributed by atoms with Gasteiger partial charge in [-0.1, -0.05) is 6.58 Å². The van der Waals surface area contributed by atoms with Gasteiger partial charge in [-0.25, -0.2) is 0 Å². The topological polar surface area (TPSA) is 20.3 Å². The highest BCUT2D eigenvalue weighted by molar-refractivity contribution is 5.87. The van der Waals surface area contributed by atoms with E-state index in [2.05, 4.69) is 6.58 Å². The van der Waals surface area contributed by atoms with Crippen LogP contribution in [-0.2, 0) is 4.79 Å². The lowest BCUT2D eigenvalue weighted by molar-refractivity contribution is -0.127. The molecule has 0 aromatic heterocycles. The summed E-state index contributed by atoms with van der Waals surface area (Å²) in [5.74, 6) is 0.918. The standard InChI is InChI=1S/C9H13NO/c1-2-9(11)10-6-7-3-4-8(10)5-7/h2,7-8H,1,3-6H2/t7-,8?/m0/s1. The van der Waals surface area contributed by atoms with Crippen LogP contribution in [0.3, 0.4) is 0 Å². The van der Waals surface area contributed by atoms with E-state index in [1.807, 2.05) is 4.90 Å². The monoisotopic (exact) mass is 151 g/mol. The van der Waals surface area contributed by atoms with Crippen LogP contribution in [0.15, 0.2) is 12.7 Å². The van der Waals surface area contributed by atoms with Gasteiger partial charge in [-0.15, -0.1) is 0 Å². The van der Waals surface area contributed by atoms with Crippen LogP contribution in [0.2, 0.25) is 0 Å². The summed E-state index contributed by atoms with van der Waals surface area (Å²) in [5, 5.41) is 0. The molecule has 2 rings (SSSR count). The van der Waals surface area contributed by atoms with E-state index in [9.17, 15) is 4.79 Å². The van der Waals surface area contributed by atoms with Gasteiger partial charge >= 0.3 is 0 Å². The Hall–Kier alpha value is -0.790. The van der Waals surface area contributed by atoms with Gasteiger partial charge < -0.3 is 4.90 Å². The van der Waals surface area contributed by atoms with Crippen LogP contribution in [-0.4, -0.2) is 23.4 Å². The van der Waals surface area contributed by atoms with E-state index in [4.69, 9.17) is 0 Å². The van der Waals surface area contributed by atoms with E-state index >= 15 is 0 Å². The number of likely N-dealkylation sites (tertiary alicyclic amines) is 1. The molecular weight excluding hydrogens is 138 g/mol. The Bertz CT molecular complexity index is 200. The van der Waals surface area contributed by atoms with Gasteiger partial charge in [0.05, 0.1) is 0 Å². The fraction of sp³-hybridized carbons (Fsp3) is 0.667. The van der Waals surface area contributed by atoms with Gasteiger partial charge in [-0.2, -0.15) is 0 Å². The number of piperidine rings is 1. The quantitative estimate of drug-likeness (QED) is 0.515. The van der Waals surface area contributed by atoms with Gasteiger partial charge in [0.25, 0.3) is 0 Å². The number of rotatable bonds is 1. The van der Waals surface area contributed by atoms with E-state index in [1.165, 1.54) is 25.3 Å². The Labute approximate surface area is 66.9 Å². The summed E-state index contributed by atoms with van der Waals surface area (Å²) in [4.78, 5) is 13.2. The fourth-order valence-electron chi connectivity index (χ4n) is 2.31. The third-order valence-corrected chi connectivity index (χ3v) is 2.87. The van der Waals surface area contributed by atoms with E-state index in [1.54, 1.807) is 0 Å². The molecule has 1 heterocycles. The van der Waals surface area contributed by atoms with E-state index in [-0.39, 0.29) is 5.91 Å². The highest BCUT2D eigenvalue weighted by Crippen LogP contribution is 2.37. The number of carbonyl (C=O) groups excluding carboxylic acids is 1. The Kier molecular flexibility index (Phi) is 1.48. The zero-order valence-electron chi connectivity index (χ0n) is 6.62. The van der Waals surface area contributed by atoms with Crippen LogP contribution in [0.5, 0.6) is 0 Å². The average Bonchev–Trinajstić information content (AvgIpc) is 2.62. The Morgan fingerprint density at radius 3 is 2.82 bits per heavy atom. The summed E-state index contributed by atoms with van der Waals surface area (Å²) in [6.07, 6.45) is 5.20. The fourth-order valence-corrected chi connectivity index (χ4v) is 2.31. The Morgan fingerprint density at radius 2 is 2.36 bits per heavy atom. The van der Waals surface area contributed by atoms with Crippen molar-refractivity contribution in [3.05, 3.63) is 12.7 Å². The lowest BCUT2D eigenvalue weighted by Crippen LogP contribution is -2.36. The normalized spacial score (nSPS) is 34.4. The highest BCUT2D eigenvalue weighted by atomic mass is 16.2. The second-order valence-corrected chi connectivity index (χ2v) is 3.53. The van der Waals surface area contributed by atoms with Crippen LogP contribution >= 0.6 is 0 Å². The van der Waals surface area contributed by atoms with Crippen molar-refractivity contribution in [2.45, 2.75) is 25.3 Å². The maximum Gasteiger partial charge on any atom is 0.246 e. The smallest absolute Gasteiger partial charge is 0.246 e. The molecule has 2 heteroatoms. The third-order valence-electron chi connectivity index (χ3n) is 2.87. The number of nitrogens with zero attached hydrogens (tertiary/aromatic N) is 1. The van der Waals surface area contributed by atoms with E-state index < -0.39 is 0 Å². The molecule has 1 aliphatic heterocycles. The van der Waals surface area contributed by atoms with Crippen molar-refractivity contribution in [2.24, 2.45) is 5.92 Å². The van der Waals surface area contributed by atoms with Crippen molar-refractivity contribution in [1.82, 2.24) is 4.90 Å². The first-order valence-electron chi connectivity index (χ1n) is 4.24. The molecule has 1 saturated heterocycles. The summed E-state index contributed by atoms with van der Waals surface area (Å²) >= 11 is 0. The van der Waals surface area contributed by atoms with Gasteiger partial charge in [0.2, 0.25) is 5.91 Å². The Balaban J connectivity index is 2.07. The molecule has 0 aromatic carbocycles. The van der Waals surface area contributed by atoms with Crippen LogP contribution in [0.1, 0.15) is 19.3 Å². The highest BCUT2D eigenvalue weighted by Gasteiger charge is 2.39. The lowest BCUT2D eigenvalue weighted by atomic mass is 10.1. The molecule has 2 fully saturated rings. The van der Waals surface area contributed by atoms with E-state index in [0.29, 0.717) is 6.04 Å². The number of fused-ring (bicyclic) bond motifs is 2. The van der Waals surface area contributed by atoms with Crippen LogP contribution < -0.4 is 0 Å².